The van der Waals surface area contributed by atoms with Gasteiger partial charge in [-0.15, -0.1) is 0 Å². The summed E-state index contributed by atoms with van der Waals surface area (Å²) in [5, 5.41) is 2.94. The molecule has 0 saturated heterocycles. The molecule has 22 heavy (non-hydrogen) atoms. The lowest BCUT2D eigenvalue weighted by Crippen LogP contribution is -2.39. The first-order valence-corrected chi connectivity index (χ1v) is 7.25. The first-order chi connectivity index (χ1) is 10.7. The number of benzene rings is 1. The zero-order chi connectivity index (χ0) is 15.4. The molecular formula is C18H15FN2O. The van der Waals surface area contributed by atoms with Gasteiger partial charge in [-0.05, 0) is 49.6 Å². The largest absolute Gasteiger partial charge is 0.348 e. The molecule has 0 radical (unpaired) electrons. The third kappa shape index (κ3) is 3.50. The number of nitrogens with one attached hydrogen (secondary N) is 1. The summed E-state index contributed by atoms with van der Waals surface area (Å²) in [4.78, 5) is 16.1. The Bertz CT molecular complexity index is 740. The lowest BCUT2D eigenvalue weighted by atomic mass is 9.93. The van der Waals surface area contributed by atoms with Crippen LogP contribution in [0.2, 0.25) is 0 Å². The minimum absolute atomic E-state index is 0.144. The Morgan fingerprint density at radius 2 is 2.00 bits per heavy atom. The normalized spacial score (nSPS) is 13.7. The van der Waals surface area contributed by atoms with Crippen molar-refractivity contribution in [3.05, 3.63) is 65.2 Å². The maximum atomic E-state index is 13.0. The number of hydrogen-bond donors (Lipinski definition) is 1. The highest BCUT2D eigenvalue weighted by Gasteiger charge is 2.20. The van der Waals surface area contributed by atoms with E-state index in [1.165, 1.54) is 18.6 Å². The molecule has 1 N–H and O–H groups in total. The molecule has 0 bridgehead atoms. The summed E-state index contributed by atoms with van der Waals surface area (Å²) in [6, 6.07) is 9.80. The van der Waals surface area contributed by atoms with Crippen molar-refractivity contribution in [1.82, 2.24) is 10.3 Å². The average Bonchev–Trinajstić information content (AvgIpc) is 2.49. The number of halogens is 1. The van der Waals surface area contributed by atoms with Crippen molar-refractivity contribution in [3.63, 3.8) is 0 Å². The molecule has 1 saturated carbocycles. The van der Waals surface area contributed by atoms with E-state index in [1.807, 2.05) is 0 Å². The van der Waals surface area contributed by atoms with Crippen molar-refractivity contribution in [3.8, 4) is 11.8 Å². The summed E-state index contributed by atoms with van der Waals surface area (Å²) in [6.07, 6.45) is 4.82. The monoisotopic (exact) mass is 294 g/mol. The van der Waals surface area contributed by atoms with Gasteiger partial charge in [0.05, 0.1) is 0 Å². The van der Waals surface area contributed by atoms with Crippen LogP contribution < -0.4 is 5.32 Å². The molecule has 110 valence electrons. The van der Waals surface area contributed by atoms with Crippen molar-refractivity contribution in [2.24, 2.45) is 0 Å². The molecule has 3 rings (SSSR count). The van der Waals surface area contributed by atoms with Crippen LogP contribution >= 0.6 is 0 Å². The van der Waals surface area contributed by atoms with Gasteiger partial charge in [0.25, 0.3) is 5.91 Å². The fourth-order valence-corrected chi connectivity index (χ4v) is 2.12. The lowest BCUT2D eigenvalue weighted by molar-refractivity contribution is 0.0912. The highest BCUT2D eigenvalue weighted by atomic mass is 19.1. The smallest absolute Gasteiger partial charge is 0.270 e. The Labute approximate surface area is 128 Å². The van der Waals surface area contributed by atoms with E-state index < -0.39 is 0 Å². The molecule has 1 aliphatic rings. The molecule has 4 heteroatoms. The second-order valence-electron chi connectivity index (χ2n) is 5.29. The van der Waals surface area contributed by atoms with Crippen LogP contribution in [-0.4, -0.2) is 16.9 Å². The number of aromatic nitrogens is 1. The number of amides is 1. The number of pyridine rings is 1. The van der Waals surface area contributed by atoms with Gasteiger partial charge in [0.15, 0.2) is 0 Å². The SMILES string of the molecule is O=C(NC1CCC1)c1ccc(C#Cc2cccc(F)c2)cn1. The number of hydrogen-bond acceptors (Lipinski definition) is 2. The van der Waals surface area contributed by atoms with Crippen LogP contribution in [0.25, 0.3) is 0 Å². The second kappa shape index (κ2) is 6.40. The van der Waals surface area contributed by atoms with E-state index in [-0.39, 0.29) is 11.7 Å². The van der Waals surface area contributed by atoms with Gasteiger partial charge in [-0.2, -0.15) is 0 Å². The van der Waals surface area contributed by atoms with E-state index in [9.17, 15) is 9.18 Å². The van der Waals surface area contributed by atoms with Gasteiger partial charge in [0.1, 0.15) is 11.5 Å². The van der Waals surface area contributed by atoms with Crippen molar-refractivity contribution in [1.29, 1.82) is 0 Å². The van der Waals surface area contributed by atoms with Crippen molar-refractivity contribution >= 4 is 5.91 Å². The summed E-state index contributed by atoms with van der Waals surface area (Å²) in [5.41, 5.74) is 1.68. The number of nitrogens with zero attached hydrogens (tertiary/aromatic N) is 1. The lowest BCUT2D eigenvalue weighted by Gasteiger charge is -2.26. The van der Waals surface area contributed by atoms with Gasteiger partial charge in [-0.1, -0.05) is 17.9 Å². The highest BCUT2D eigenvalue weighted by Crippen LogP contribution is 2.18. The summed E-state index contributed by atoms with van der Waals surface area (Å²) < 4.78 is 13.0. The number of carbonyl (C=O) groups excluding carboxylic acids is 1. The predicted octanol–water partition coefficient (Wildman–Crippen LogP) is 2.90. The van der Waals surface area contributed by atoms with Crippen LogP contribution in [0.1, 0.15) is 40.9 Å². The van der Waals surface area contributed by atoms with Crippen LogP contribution in [-0.2, 0) is 0 Å². The molecule has 3 nitrogen and oxygen atoms in total. The summed E-state index contributed by atoms with van der Waals surface area (Å²) in [7, 11) is 0. The number of carbonyl (C=O) groups is 1. The fraction of sp³-hybridized carbons (Fsp3) is 0.222. The first-order valence-electron chi connectivity index (χ1n) is 7.25. The van der Waals surface area contributed by atoms with Gasteiger partial charge in [-0.25, -0.2) is 9.37 Å². The van der Waals surface area contributed by atoms with Gasteiger partial charge in [-0.3, -0.25) is 4.79 Å². The quantitative estimate of drug-likeness (QED) is 0.865. The van der Waals surface area contributed by atoms with Crippen LogP contribution in [0.15, 0.2) is 42.6 Å². The Hall–Kier alpha value is -2.67. The molecule has 1 aromatic heterocycles. The van der Waals surface area contributed by atoms with Crippen molar-refractivity contribution in [2.75, 3.05) is 0 Å². The Kier molecular flexibility index (Phi) is 4.15. The van der Waals surface area contributed by atoms with Gasteiger partial charge in [0, 0.05) is 23.4 Å². The first kappa shape index (κ1) is 14.3. The van der Waals surface area contributed by atoms with E-state index in [1.54, 1.807) is 30.5 Å². The fourth-order valence-electron chi connectivity index (χ4n) is 2.12. The molecule has 0 atom stereocenters. The molecule has 2 aromatic rings. The zero-order valence-corrected chi connectivity index (χ0v) is 12.0. The van der Waals surface area contributed by atoms with Gasteiger partial charge >= 0.3 is 0 Å². The van der Waals surface area contributed by atoms with E-state index in [0.717, 1.165) is 12.8 Å². The van der Waals surface area contributed by atoms with E-state index in [2.05, 4.69) is 22.1 Å². The van der Waals surface area contributed by atoms with E-state index in [0.29, 0.717) is 22.9 Å². The van der Waals surface area contributed by atoms with Crippen molar-refractivity contribution < 1.29 is 9.18 Å². The third-order valence-electron chi connectivity index (χ3n) is 3.61. The maximum Gasteiger partial charge on any atom is 0.270 e. The Morgan fingerprint density at radius 3 is 2.64 bits per heavy atom. The highest BCUT2D eigenvalue weighted by molar-refractivity contribution is 5.92. The minimum atomic E-state index is -0.312. The molecule has 1 amide bonds. The van der Waals surface area contributed by atoms with Crippen LogP contribution in [0.3, 0.4) is 0 Å². The minimum Gasteiger partial charge on any atom is -0.348 e. The summed E-state index contributed by atoms with van der Waals surface area (Å²) in [5.74, 6) is 5.32. The summed E-state index contributed by atoms with van der Waals surface area (Å²) in [6.45, 7) is 0. The second-order valence-corrected chi connectivity index (χ2v) is 5.29. The molecule has 1 aromatic carbocycles. The maximum absolute atomic E-state index is 13.0. The molecule has 1 aliphatic carbocycles. The standard InChI is InChI=1S/C18H15FN2O/c19-15-4-1-3-13(11-15)7-8-14-9-10-17(20-12-14)18(22)21-16-5-2-6-16/h1,3-4,9-12,16H,2,5-6H2,(H,21,22). The van der Waals surface area contributed by atoms with Crippen LogP contribution in [0.5, 0.6) is 0 Å². The molecule has 0 spiro atoms. The zero-order valence-electron chi connectivity index (χ0n) is 12.0. The molecule has 0 unspecified atom stereocenters. The van der Waals surface area contributed by atoms with Gasteiger partial charge in [0.2, 0.25) is 0 Å². The van der Waals surface area contributed by atoms with Crippen molar-refractivity contribution in [2.45, 2.75) is 25.3 Å². The average molecular weight is 294 g/mol. The topological polar surface area (TPSA) is 42.0 Å². The van der Waals surface area contributed by atoms with Gasteiger partial charge < -0.3 is 5.32 Å². The molecular weight excluding hydrogens is 279 g/mol. The van der Waals surface area contributed by atoms with E-state index in [4.69, 9.17) is 0 Å². The third-order valence-corrected chi connectivity index (χ3v) is 3.61. The Morgan fingerprint density at radius 1 is 1.18 bits per heavy atom. The molecule has 1 fully saturated rings. The van der Waals surface area contributed by atoms with Crippen LogP contribution in [0.4, 0.5) is 4.39 Å². The Balaban J connectivity index is 1.67. The molecule has 1 heterocycles. The molecule has 0 aliphatic heterocycles. The van der Waals surface area contributed by atoms with E-state index >= 15 is 0 Å². The number of rotatable bonds is 2. The predicted molar refractivity (Wildman–Crippen MR) is 81.7 cm³/mol. The summed E-state index contributed by atoms with van der Waals surface area (Å²) >= 11 is 0. The van der Waals surface area contributed by atoms with Crippen LogP contribution in [0, 0.1) is 17.7 Å².